The van der Waals surface area contributed by atoms with Gasteiger partial charge in [0.1, 0.15) is 17.3 Å². The van der Waals surface area contributed by atoms with Crippen molar-refractivity contribution in [3.8, 4) is 11.5 Å². The SMILES string of the molecule is CCOc1ccc(/C(O)=C2\C(=O)C(=O)N(CCCOC)C2c2cccc(OC)c2)cc1. The van der Waals surface area contributed by atoms with E-state index >= 15 is 0 Å². The summed E-state index contributed by atoms with van der Waals surface area (Å²) in [6.07, 6.45) is 0.563. The van der Waals surface area contributed by atoms with E-state index < -0.39 is 17.7 Å². The highest BCUT2D eigenvalue weighted by atomic mass is 16.5. The van der Waals surface area contributed by atoms with Crippen molar-refractivity contribution in [2.45, 2.75) is 19.4 Å². The molecule has 2 aromatic carbocycles. The van der Waals surface area contributed by atoms with Crippen LogP contribution in [0.15, 0.2) is 54.1 Å². The summed E-state index contributed by atoms with van der Waals surface area (Å²) in [5.41, 5.74) is 1.18. The molecule has 2 aromatic rings. The van der Waals surface area contributed by atoms with Crippen LogP contribution in [0.2, 0.25) is 0 Å². The number of carbonyl (C=O) groups excluding carboxylic acids is 2. The second-order valence-corrected chi connectivity index (χ2v) is 7.07. The Labute approximate surface area is 181 Å². The van der Waals surface area contributed by atoms with Gasteiger partial charge in [0.15, 0.2) is 0 Å². The molecule has 1 fully saturated rings. The molecule has 0 aromatic heterocycles. The predicted octanol–water partition coefficient (Wildman–Crippen LogP) is 3.55. The summed E-state index contributed by atoms with van der Waals surface area (Å²) in [7, 11) is 3.13. The summed E-state index contributed by atoms with van der Waals surface area (Å²) in [5.74, 6) is -0.319. The zero-order valence-electron chi connectivity index (χ0n) is 18.0. The number of Topliss-reactive ketones (excluding diaryl/α,β-unsaturated/α-hetero) is 1. The van der Waals surface area contributed by atoms with Crippen LogP contribution >= 0.6 is 0 Å². The minimum absolute atomic E-state index is 0.0554. The highest BCUT2D eigenvalue weighted by Crippen LogP contribution is 2.40. The molecular formula is C24H27NO6. The third-order valence-corrected chi connectivity index (χ3v) is 5.14. The Morgan fingerprint density at radius 2 is 1.81 bits per heavy atom. The van der Waals surface area contributed by atoms with Gasteiger partial charge < -0.3 is 24.2 Å². The zero-order valence-corrected chi connectivity index (χ0v) is 18.0. The van der Waals surface area contributed by atoms with Crippen molar-refractivity contribution in [1.29, 1.82) is 0 Å². The average Bonchev–Trinajstić information content (AvgIpc) is 3.04. The van der Waals surface area contributed by atoms with Crippen molar-refractivity contribution < 1.29 is 28.9 Å². The first-order valence-electron chi connectivity index (χ1n) is 10.2. The normalized spacial score (nSPS) is 17.8. The van der Waals surface area contributed by atoms with Gasteiger partial charge in [0, 0.05) is 25.8 Å². The minimum atomic E-state index is -0.724. The first kappa shape index (κ1) is 22.4. The Bertz CT molecular complexity index is 966. The van der Waals surface area contributed by atoms with Gasteiger partial charge in [0.2, 0.25) is 0 Å². The van der Waals surface area contributed by atoms with Crippen LogP contribution in [0.3, 0.4) is 0 Å². The number of aliphatic hydroxyl groups is 1. The van der Waals surface area contributed by atoms with E-state index in [-0.39, 0.29) is 11.3 Å². The number of nitrogens with zero attached hydrogens (tertiary/aromatic N) is 1. The number of ketones is 1. The molecule has 0 spiro atoms. The standard InChI is InChI=1S/C24H27NO6/c1-4-31-18-11-9-16(10-12-18)22(26)20-21(17-7-5-8-19(15-17)30-3)25(13-6-14-29-2)24(28)23(20)27/h5,7-12,15,21,26H,4,6,13-14H2,1-3H3/b22-20+. The van der Waals surface area contributed by atoms with Crippen molar-refractivity contribution in [3.63, 3.8) is 0 Å². The van der Waals surface area contributed by atoms with E-state index in [9.17, 15) is 14.7 Å². The maximum Gasteiger partial charge on any atom is 0.295 e. The summed E-state index contributed by atoms with van der Waals surface area (Å²) in [6, 6.07) is 13.2. The molecule has 0 aliphatic carbocycles. The number of ether oxygens (including phenoxy) is 3. The first-order chi connectivity index (χ1) is 15.0. The molecule has 1 unspecified atom stereocenters. The van der Waals surface area contributed by atoms with Gasteiger partial charge in [-0.2, -0.15) is 0 Å². The number of amides is 1. The fourth-order valence-corrected chi connectivity index (χ4v) is 3.68. The van der Waals surface area contributed by atoms with Gasteiger partial charge in [-0.1, -0.05) is 12.1 Å². The lowest BCUT2D eigenvalue weighted by Crippen LogP contribution is -2.31. The van der Waals surface area contributed by atoms with E-state index in [0.717, 1.165) is 0 Å². The molecule has 0 bridgehead atoms. The van der Waals surface area contributed by atoms with Gasteiger partial charge in [-0.05, 0) is 55.3 Å². The van der Waals surface area contributed by atoms with E-state index in [0.29, 0.717) is 48.8 Å². The molecule has 0 saturated carbocycles. The van der Waals surface area contributed by atoms with Crippen molar-refractivity contribution in [3.05, 3.63) is 65.2 Å². The van der Waals surface area contributed by atoms with Crippen LogP contribution in [0.5, 0.6) is 11.5 Å². The monoisotopic (exact) mass is 425 g/mol. The Kier molecular flexibility index (Phi) is 7.31. The Morgan fingerprint density at radius 1 is 1.06 bits per heavy atom. The van der Waals surface area contributed by atoms with Crippen LogP contribution in [0, 0.1) is 0 Å². The van der Waals surface area contributed by atoms with Crippen molar-refractivity contribution in [1.82, 2.24) is 4.90 Å². The van der Waals surface area contributed by atoms with Crippen LogP contribution in [-0.2, 0) is 14.3 Å². The quantitative estimate of drug-likeness (QED) is 0.286. The van der Waals surface area contributed by atoms with Crippen LogP contribution in [0.4, 0.5) is 0 Å². The summed E-state index contributed by atoms with van der Waals surface area (Å²) >= 11 is 0. The second-order valence-electron chi connectivity index (χ2n) is 7.07. The average molecular weight is 425 g/mol. The lowest BCUT2D eigenvalue weighted by atomic mass is 9.95. The van der Waals surface area contributed by atoms with Gasteiger partial charge in [0.05, 0.1) is 25.3 Å². The Morgan fingerprint density at radius 3 is 2.45 bits per heavy atom. The largest absolute Gasteiger partial charge is 0.507 e. The Hall–Kier alpha value is -3.32. The molecule has 0 radical (unpaired) electrons. The molecule has 1 heterocycles. The van der Waals surface area contributed by atoms with Gasteiger partial charge in [0.25, 0.3) is 11.7 Å². The Balaban J connectivity index is 2.08. The molecule has 7 heteroatoms. The third kappa shape index (κ3) is 4.72. The predicted molar refractivity (Wildman–Crippen MR) is 116 cm³/mol. The van der Waals surface area contributed by atoms with Crippen LogP contribution < -0.4 is 9.47 Å². The molecular weight excluding hydrogens is 398 g/mol. The highest BCUT2D eigenvalue weighted by Gasteiger charge is 2.45. The van der Waals surface area contributed by atoms with E-state index in [2.05, 4.69) is 0 Å². The van der Waals surface area contributed by atoms with Gasteiger partial charge in [-0.15, -0.1) is 0 Å². The minimum Gasteiger partial charge on any atom is -0.507 e. The molecule has 1 aliphatic heterocycles. The van der Waals surface area contributed by atoms with Crippen molar-refractivity contribution in [2.24, 2.45) is 0 Å². The van der Waals surface area contributed by atoms with Gasteiger partial charge >= 0.3 is 0 Å². The number of benzene rings is 2. The highest BCUT2D eigenvalue weighted by molar-refractivity contribution is 6.46. The van der Waals surface area contributed by atoms with E-state index in [1.54, 1.807) is 56.7 Å². The fraction of sp³-hybridized carbons (Fsp3) is 0.333. The molecule has 7 nitrogen and oxygen atoms in total. The van der Waals surface area contributed by atoms with Crippen molar-refractivity contribution >= 4 is 17.4 Å². The maximum absolute atomic E-state index is 13.0. The topological polar surface area (TPSA) is 85.3 Å². The zero-order chi connectivity index (χ0) is 22.4. The molecule has 1 N–H and O–H groups in total. The number of rotatable bonds is 9. The number of hydrogen-bond acceptors (Lipinski definition) is 6. The lowest BCUT2D eigenvalue weighted by Gasteiger charge is -2.25. The van der Waals surface area contributed by atoms with Crippen LogP contribution in [0.1, 0.15) is 30.5 Å². The fourth-order valence-electron chi connectivity index (χ4n) is 3.68. The third-order valence-electron chi connectivity index (χ3n) is 5.14. The van der Waals surface area contributed by atoms with Crippen molar-refractivity contribution in [2.75, 3.05) is 34.0 Å². The molecule has 1 atom stereocenters. The molecule has 3 rings (SSSR count). The maximum atomic E-state index is 13.0. The smallest absolute Gasteiger partial charge is 0.295 e. The summed E-state index contributed by atoms with van der Waals surface area (Å²) in [5, 5.41) is 11.1. The lowest BCUT2D eigenvalue weighted by molar-refractivity contribution is -0.140. The molecule has 1 saturated heterocycles. The number of aliphatic hydroxyl groups excluding tert-OH is 1. The van der Waals surface area contributed by atoms with E-state index in [1.807, 2.05) is 13.0 Å². The molecule has 164 valence electrons. The number of hydrogen-bond donors (Lipinski definition) is 1. The summed E-state index contributed by atoms with van der Waals surface area (Å²) < 4.78 is 15.9. The van der Waals surface area contributed by atoms with Gasteiger partial charge in [-0.25, -0.2) is 0 Å². The van der Waals surface area contributed by atoms with Crippen LogP contribution in [0.25, 0.3) is 5.76 Å². The van der Waals surface area contributed by atoms with E-state index in [1.165, 1.54) is 4.90 Å². The summed E-state index contributed by atoms with van der Waals surface area (Å²) in [4.78, 5) is 27.3. The molecule has 31 heavy (non-hydrogen) atoms. The van der Waals surface area contributed by atoms with Crippen LogP contribution in [-0.4, -0.2) is 55.7 Å². The number of carbonyl (C=O) groups is 2. The van der Waals surface area contributed by atoms with E-state index in [4.69, 9.17) is 14.2 Å². The first-order valence-corrected chi connectivity index (χ1v) is 10.2. The molecule has 1 amide bonds. The second kappa shape index (κ2) is 10.1. The summed E-state index contributed by atoms with van der Waals surface area (Å²) in [6.45, 7) is 3.17. The number of methoxy groups -OCH3 is 2. The number of likely N-dealkylation sites (tertiary alicyclic amines) is 1. The van der Waals surface area contributed by atoms with Gasteiger partial charge in [-0.3, -0.25) is 9.59 Å². The molecule has 1 aliphatic rings.